The maximum atomic E-state index is 12.5. The molecule has 2 heterocycles. The van der Waals surface area contributed by atoms with Crippen molar-refractivity contribution in [2.45, 2.75) is 45.7 Å². The minimum atomic E-state index is -0.173. The molecule has 128 valence electrons. The van der Waals surface area contributed by atoms with Crippen LogP contribution in [0.4, 0.5) is 0 Å². The lowest BCUT2D eigenvalue weighted by atomic mass is 9.95. The third-order valence-corrected chi connectivity index (χ3v) is 4.58. The lowest BCUT2D eigenvalue weighted by Crippen LogP contribution is -2.37. The van der Waals surface area contributed by atoms with Crippen LogP contribution in [0, 0.1) is 0 Å². The smallest absolute Gasteiger partial charge is 0.255 e. The predicted octanol–water partition coefficient (Wildman–Crippen LogP) is 2.98. The maximum Gasteiger partial charge on any atom is 0.255 e. The minimum Gasteiger partial charge on any atom is -0.506 e. The molecule has 1 aromatic heterocycles. The Balaban J connectivity index is 1.82. The van der Waals surface area contributed by atoms with E-state index in [9.17, 15) is 9.90 Å². The summed E-state index contributed by atoms with van der Waals surface area (Å²) in [6.07, 6.45) is 0.758. The van der Waals surface area contributed by atoms with Gasteiger partial charge in [0.05, 0.1) is 16.3 Å². The van der Waals surface area contributed by atoms with Gasteiger partial charge >= 0.3 is 0 Å². The number of aromatic hydroxyl groups is 1. The van der Waals surface area contributed by atoms with Gasteiger partial charge in [0.2, 0.25) is 0 Å². The number of nitrogens with zero attached hydrogens (tertiary/aromatic N) is 2. The molecule has 0 radical (unpaired) electrons. The molecule has 24 heavy (non-hydrogen) atoms. The number of phenolic OH excluding ortho intramolecular Hbond substituents is 1. The van der Waals surface area contributed by atoms with E-state index in [1.165, 1.54) is 0 Å². The first-order valence-electron chi connectivity index (χ1n) is 8.06. The molecule has 0 saturated heterocycles. The number of nitrogens with one attached hydrogen (secondary N) is 1. The summed E-state index contributed by atoms with van der Waals surface area (Å²) in [6, 6.07) is 5.21. The van der Waals surface area contributed by atoms with Crippen LogP contribution in [-0.4, -0.2) is 26.5 Å². The Hall–Kier alpha value is -1.85. The molecule has 0 unspecified atom stereocenters. The number of aromatic amines is 1. The summed E-state index contributed by atoms with van der Waals surface area (Å²) < 4.78 is 0. The number of halogens is 1. The van der Waals surface area contributed by atoms with Crippen molar-refractivity contribution in [1.82, 2.24) is 14.9 Å². The molecule has 0 saturated carbocycles. The summed E-state index contributed by atoms with van der Waals surface area (Å²) in [7, 11) is 0. The molecule has 0 aliphatic carbocycles. The molecule has 0 bridgehead atoms. The van der Waals surface area contributed by atoms with Crippen LogP contribution < -0.4 is 5.56 Å². The zero-order valence-electron chi connectivity index (χ0n) is 14.2. The summed E-state index contributed by atoms with van der Waals surface area (Å²) in [5, 5.41) is 9.86. The highest BCUT2D eigenvalue weighted by atomic mass is 35.5. The standard InChI is InChI=1S/C18H22ClN3O2/c1-18(2,3)17-20-14-6-7-22(10-12(14)16(24)21-17)9-11-4-5-15(23)13(19)8-11/h4-5,8,23H,6-7,9-10H2,1-3H3,(H,20,21,24). The van der Waals surface area contributed by atoms with Gasteiger partial charge in [0, 0.05) is 31.5 Å². The molecule has 0 fully saturated rings. The highest BCUT2D eigenvalue weighted by molar-refractivity contribution is 6.32. The molecule has 5 nitrogen and oxygen atoms in total. The predicted molar refractivity (Wildman–Crippen MR) is 94.5 cm³/mol. The second kappa shape index (κ2) is 6.22. The quantitative estimate of drug-likeness (QED) is 0.876. The van der Waals surface area contributed by atoms with Gasteiger partial charge in [-0.1, -0.05) is 38.4 Å². The van der Waals surface area contributed by atoms with E-state index in [0.717, 1.165) is 35.6 Å². The van der Waals surface area contributed by atoms with Crippen molar-refractivity contribution >= 4 is 11.6 Å². The minimum absolute atomic E-state index is 0.0432. The van der Waals surface area contributed by atoms with Gasteiger partial charge in [0.1, 0.15) is 11.6 Å². The fraction of sp³-hybridized carbons (Fsp3) is 0.444. The molecule has 1 aromatic carbocycles. The van der Waals surface area contributed by atoms with Gasteiger partial charge < -0.3 is 10.1 Å². The van der Waals surface area contributed by atoms with Crippen molar-refractivity contribution in [3.05, 3.63) is 56.2 Å². The molecule has 0 amide bonds. The maximum absolute atomic E-state index is 12.5. The molecule has 1 aliphatic heterocycles. The molecular formula is C18H22ClN3O2. The number of benzene rings is 1. The summed E-state index contributed by atoms with van der Waals surface area (Å²) in [4.78, 5) is 22.2. The normalized spacial score (nSPS) is 15.3. The summed E-state index contributed by atoms with van der Waals surface area (Å²) in [5.41, 5.74) is 2.45. The lowest BCUT2D eigenvalue weighted by Gasteiger charge is -2.29. The van der Waals surface area contributed by atoms with Crippen molar-refractivity contribution in [3.8, 4) is 5.75 Å². The van der Waals surface area contributed by atoms with Crippen LogP contribution in [0.3, 0.4) is 0 Å². The zero-order chi connectivity index (χ0) is 17.5. The van der Waals surface area contributed by atoms with Crippen molar-refractivity contribution in [2.24, 2.45) is 0 Å². The average Bonchev–Trinajstić information content (AvgIpc) is 2.50. The molecule has 0 spiro atoms. The van der Waals surface area contributed by atoms with Crippen molar-refractivity contribution in [3.63, 3.8) is 0 Å². The van der Waals surface area contributed by atoms with Gasteiger partial charge in [-0.25, -0.2) is 4.98 Å². The van der Waals surface area contributed by atoms with Crippen molar-refractivity contribution in [1.29, 1.82) is 0 Å². The van der Waals surface area contributed by atoms with E-state index in [1.807, 2.05) is 26.8 Å². The number of rotatable bonds is 2. The Morgan fingerprint density at radius 1 is 1.38 bits per heavy atom. The van der Waals surface area contributed by atoms with Gasteiger partial charge in [0.15, 0.2) is 0 Å². The molecule has 6 heteroatoms. The van der Waals surface area contributed by atoms with Gasteiger partial charge in [-0.3, -0.25) is 9.69 Å². The Bertz CT molecular complexity index is 824. The number of phenols is 1. The third-order valence-electron chi connectivity index (χ3n) is 4.28. The molecule has 0 atom stereocenters. The van der Waals surface area contributed by atoms with Crippen LogP contribution in [0.15, 0.2) is 23.0 Å². The SMILES string of the molecule is CC(C)(C)c1nc2c(c(=O)[nH]1)CN(Cc1ccc(O)c(Cl)c1)CC2. The Morgan fingerprint density at radius 2 is 2.12 bits per heavy atom. The summed E-state index contributed by atoms with van der Waals surface area (Å²) in [5.74, 6) is 0.824. The van der Waals surface area contributed by atoms with E-state index in [4.69, 9.17) is 11.6 Å². The number of fused-ring (bicyclic) bond motifs is 1. The van der Waals surface area contributed by atoms with Crippen LogP contribution in [0.1, 0.15) is 43.4 Å². The van der Waals surface area contributed by atoms with Gasteiger partial charge in [-0.2, -0.15) is 0 Å². The van der Waals surface area contributed by atoms with Crippen LogP contribution in [0.2, 0.25) is 5.02 Å². The van der Waals surface area contributed by atoms with Crippen LogP contribution in [0.5, 0.6) is 5.75 Å². The van der Waals surface area contributed by atoms with Crippen LogP contribution in [-0.2, 0) is 24.9 Å². The van der Waals surface area contributed by atoms with Crippen molar-refractivity contribution in [2.75, 3.05) is 6.54 Å². The molecule has 2 aromatic rings. The first-order chi connectivity index (χ1) is 11.2. The van der Waals surface area contributed by atoms with Gasteiger partial charge in [-0.05, 0) is 17.7 Å². The lowest BCUT2D eigenvalue weighted by molar-refractivity contribution is 0.241. The number of H-pyrrole nitrogens is 1. The van der Waals surface area contributed by atoms with E-state index in [-0.39, 0.29) is 16.7 Å². The summed E-state index contributed by atoms with van der Waals surface area (Å²) >= 11 is 5.96. The van der Waals surface area contributed by atoms with Crippen LogP contribution in [0.25, 0.3) is 0 Å². The monoisotopic (exact) mass is 347 g/mol. The first kappa shape index (κ1) is 17.0. The van der Waals surface area contributed by atoms with Crippen LogP contribution >= 0.6 is 11.6 Å². The van der Waals surface area contributed by atoms with E-state index in [2.05, 4.69) is 14.9 Å². The largest absolute Gasteiger partial charge is 0.506 e. The number of aromatic nitrogens is 2. The van der Waals surface area contributed by atoms with Crippen molar-refractivity contribution < 1.29 is 5.11 Å². The second-order valence-corrected chi connectivity index (χ2v) is 7.74. The Morgan fingerprint density at radius 3 is 2.79 bits per heavy atom. The summed E-state index contributed by atoms with van der Waals surface area (Å²) in [6.45, 7) is 8.22. The number of hydrogen-bond donors (Lipinski definition) is 2. The topological polar surface area (TPSA) is 69.2 Å². The second-order valence-electron chi connectivity index (χ2n) is 7.34. The fourth-order valence-electron chi connectivity index (χ4n) is 2.88. The van der Waals surface area contributed by atoms with Gasteiger partial charge in [0.25, 0.3) is 5.56 Å². The van der Waals surface area contributed by atoms with E-state index in [1.54, 1.807) is 12.1 Å². The highest BCUT2D eigenvalue weighted by Crippen LogP contribution is 2.25. The van der Waals surface area contributed by atoms with E-state index < -0.39 is 0 Å². The molecule has 2 N–H and O–H groups in total. The van der Waals surface area contributed by atoms with E-state index >= 15 is 0 Å². The zero-order valence-corrected chi connectivity index (χ0v) is 14.9. The Kier molecular flexibility index (Phi) is 4.40. The Labute approximate surface area is 146 Å². The highest BCUT2D eigenvalue weighted by Gasteiger charge is 2.24. The van der Waals surface area contributed by atoms with E-state index in [0.29, 0.717) is 18.1 Å². The fourth-order valence-corrected chi connectivity index (χ4v) is 3.08. The van der Waals surface area contributed by atoms with Gasteiger partial charge in [-0.15, -0.1) is 0 Å². The number of hydrogen-bond acceptors (Lipinski definition) is 4. The first-order valence-corrected chi connectivity index (χ1v) is 8.44. The molecule has 3 rings (SSSR count). The third kappa shape index (κ3) is 3.47. The average molecular weight is 348 g/mol. The molecular weight excluding hydrogens is 326 g/mol. The molecule has 1 aliphatic rings.